The van der Waals surface area contributed by atoms with Gasteiger partial charge in [-0.25, -0.2) is 5.43 Å². The maximum Gasteiger partial charge on any atom is 0.234 e. The molecule has 1 aliphatic rings. The monoisotopic (exact) mass is 220 g/mol. The molecule has 1 fully saturated rings. The van der Waals surface area contributed by atoms with E-state index in [1.54, 1.807) is 6.07 Å². The molecule has 0 radical (unpaired) electrons. The summed E-state index contributed by atoms with van der Waals surface area (Å²) in [4.78, 5) is 11.2. The molecule has 6 N–H and O–H groups in total. The van der Waals surface area contributed by atoms with Gasteiger partial charge in [0.05, 0.1) is 17.4 Å². The number of nitrogens with one attached hydrogen (secondary N) is 2. The van der Waals surface area contributed by atoms with E-state index in [2.05, 4.69) is 10.9 Å². The van der Waals surface area contributed by atoms with Crippen LogP contribution in [0, 0.1) is 5.92 Å². The predicted molar refractivity (Wildman–Crippen MR) is 63.1 cm³/mol. The number of benzene rings is 1. The van der Waals surface area contributed by atoms with Crippen molar-refractivity contribution in [3.05, 3.63) is 23.8 Å². The second kappa shape index (κ2) is 4.02. The number of hydrazine groups is 1. The quantitative estimate of drug-likeness (QED) is 0.520. The van der Waals surface area contributed by atoms with E-state index in [1.165, 1.54) is 0 Å². The highest BCUT2D eigenvalue weighted by Crippen LogP contribution is 2.29. The Bertz CT molecular complexity index is 418. The van der Waals surface area contributed by atoms with Crippen molar-refractivity contribution in [1.82, 2.24) is 10.9 Å². The fraction of sp³-hybridized carbons (Fsp3) is 0.364. The van der Waals surface area contributed by atoms with Crippen LogP contribution in [-0.2, 0) is 4.79 Å². The summed E-state index contributed by atoms with van der Waals surface area (Å²) in [5, 5.41) is 0. The molecule has 1 aliphatic heterocycles. The van der Waals surface area contributed by atoms with Gasteiger partial charge in [0.2, 0.25) is 5.91 Å². The second-order valence-corrected chi connectivity index (χ2v) is 4.24. The molecule has 0 bridgehead atoms. The van der Waals surface area contributed by atoms with E-state index in [0.717, 1.165) is 5.56 Å². The van der Waals surface area contributed by atoms with E-state index in [0.29, 0.717) is 17.8 Å². The van der Waals surface area contributed by atoms with E-state index in [1.807, 2.05) is 19.1 Å². The van der Waals surface area contributed by atoms with Crippen molar-refractivity contribution in [2.45, 2.75) is 19.4 Å². The molecule has 1 saturated heterocycles. The first-order valence-electron chi connectivity index (χ1n) is 5.27. The van der Waals surface area contributed by atoms with Crippen molar-refractivity contribution in [3.8, 4) is 0 Å². The zero-order valence-electron chi connectivity index (χ0n) is 9.16. The predicted octanol–water partition coefficient (Wildman–Crippen LogP) is 0.553. The molecule has 5 nitrogen and oxygen atoms in total. The molecule has 2 atom stereocenters. The summed E-state index contributed by atoms with van der Waals surface area (Å²) in [5.74, 6) is 0.254. The zero-order valence-corrected chi connectivity index (χ0v) is 9.16. The van der Waals surface area contributed by atoms with Gasteiger partial charge in [-0.15, -0.1) is 0 Å². The van der Waals surface area contributed by atoms with Gasteiger partial charge in [0, 0.05) is 6.42 Å². The summed E-state index contributed by atoms with van der Waals surface area (Å²) in [5.41, 5.74) is 19.2. The third-order valence-corrected chi connectivity index (χ3v) is 2.91. The molecule has 86 valence electrons. The molecule has 2 rings (SSSR count). The molecule has 1 aromatic carbocycles. The SMILES string of the molecule is CC1CC(=O)NNC1c1ccc(N)c(N)c1. The average molecular weight is 220 g/mol. The fourth-order valence-electron chi connectivity index (χ4n) is 1.96. The minimum Gasteiger partial charge on any atom is -0.397 e. The number of amides is 1. The first kappa shape index (κ1) is 10.8. The third-order valence-electron chi connectivity index (χ3n) is 2.91. The van der Waals surface area contributed by atoms with Crippen molar-refractivity contribution in [3.63, 3.8) is 0 Å². The van der Waals surface area contributed by atoms with Crippen LogP contribution in [0.2, 0.25) is 0 Å². The van der Waals surface area contributed by atoms with Crippen LogP contribution < -0.4 is 22.3 Å². The summed E-state index contributed by atoms with van der Waals surface area (Å²) < 4.78 is 0. The number of carbonyl (C=O) groups is 1. The lowest BCUT2D eigenvalue weighted by atomic mass is 9.90. The van der Waals surface area contributed by atoms with Gasteiger partial charge in [-0.1, -0.05) is 13.0 Å². The summed E-state index contributed by atoms with van der Waals surface area (Å²) in [6.45, 7) is 2.03. The summed E-state index contributed by atoms with van der Waals surface area (Å²) in [6.07, 6.45) is 0.516. The molecular weight excluding hydrogens is 204 g/mol. The summed E-state index contributed by atoms with van der Waals surface area (Å²) >= 11 is 0. The molecule has 1 amide bonds. The van der Waals surface area contributed by atoms with E-state index in [-0.39, 0.29) is 17.9 Å². The topological polar surface area (TPSA) is 93.2 Å². The Morgan fingerprint density at radius 3 is 2.69 bits per heavy atom. The maximum atomic E-state index is 11.2. The van der Waals surface area contributed by atoms with Crippen LogP contribution in [0.3, 0.4) is 0 Å². The highest BCUT2D eigenvalue weighted by molar-refractivity contribution is 5.76. The molecule has 0 aliphatic carbocycles. The van der Waals surface area contributed by atoms with E-state index in [9.17, 15) is 4.79 Å². The number of nitrogens with two attached hydrogens (primary N) is 2. The van der Waals surface area contributed by atoms with Gasteiger partial charge in [-0.3, -0.25) is 10.2 Å². The summed E-state index contributed by atoms with van der Waals surface area (Å²) in [6, 6.07) is 5.65. The molecular formula is C11H16N4O. The van der Waals surface area contributed by atoms with Crippen molar-refractivity contribution in [2.75, 3.05) is 11.5 Å². The Morgan fingerprint density at radius 1 is 1.31 bits per heavy atom. The molecule has 1 heterocycles. The summed E-state index contributed by atoms with van der Waals surface area (Å²) in [7, 11) is 0. The fourth-order valence-corrected chi connectivity index (χ4v) is 1.96. The van der Waals surface area contributed by atoms with Crippen LogP contribution in [0.25, 0.3) is 0 Å². The number of rotatable bonds is 1. The van der Waals surface area contributed by atoms with Crippen LogP contribution in [0.15, 0.2) is 18.2 Å². The molecule has 5 heteroatoms. The van der Waals surface area contributed by atoms with Gasteiger partial charge < -0.3 is 11.5 Å². The first-order chi connectivity index (χ1) is 7.58. The molecule has 16 heavy (non-hydrogen) atoms. The minimum absolute atomic E-state index is 0.0205. The first-order valence-corrected chi connectivity index (χ1v) is 5.27. The van der Waals surface area contributed by atoms with Gasteiger partial charge >= 0.3 is 0 Å². The number of carbonyl (C=O) groups excluding carboxylic acids is 1. The standard InChI is InChI=1S/C11H16N4O/c1-6-4-10(16)14-15-11(6)7-2-3-8(12)9(13)5-7/h2-3,5-6,11,15H,4,12-13H2,1H3,(H,14,16). The Morgan fingerprint density at radius 2 is 2.06 bits per heavy atom. The number of hydrogen-bond acceptors (Lipinski definition) is 4. The van der Waals surface area contributed by atoms with Gasteiger partial charge in [-0.05, 0) is 23.6 Å². The smallest absolute Gasteiger partial charge is 0.234 e. The largest absolute Gasteiger partial charge is 0.397 e. The molecule has 0 saturated carbocycles. The second-order valence-electron chi connectivity index (χ2n) is 4.24. The van der Waals surface area contributed by atoms with Gasteiger partial charge in [0.25, 0.3) is 0 Å². The highest BCUT2D eigenvalue weighted by atomic mass is 16.2. The third kappa shape index (κ3) is 1.94. The lowest BCUT2D eigenvalue weighted by Gasteiger charge is -2.30. The number of anilines is 2. The van der Waals surface area contributed by atoms with Crippen molar-refractivity contribution in [2.24, 2.45) is 5.92 Å². The lowest BCUT2D eigenvalue weighted by molar-refractivity contribution is -0.125. The average Bonchev–Trinajstić information content (AvgIpc) is 2.22. The molecule has 1 aromatic rings. The van der Waals surface area contributed by atoms with E-state index >= 15 is 0 Å². The molecule has 0 spiro atoms. The Balaban J connectivity index is 2.23. The highest BCUT2D eigenvalue weighted by Gasteiger charge is 2.26. The molecule has 2 unspecified atom stereocenters. The van der Waals surface area contributed by atoms with Gasteiger partial charge in [0.15, 0.2) is 0 Å². The van der Waals surface area contributed by atoms with E-state index < -0.39 is 0 Å². The Kier molecular flexibility index (Phi) is 2.70. The van der Waals surface area contributed by atoms with Crippen LogP contribution in [-0.4, -0.2) is 5.91 Å². The van der Waals surface area contributed by atoms with Crippen molar-refractivity contribution >= 4 is 17.3 Å². The normalized spacial score (nSPS) is 25.2. The van der Waals surface area contributed by atoms with Crippen LogP contribution in [0.1, 0.15) is 24.9 Å². The zero-order chi connectivity index (χ0) is 11.7. The number of nitrogen functional groups attached to an aromatic ring is 2. The lowest BCUT2D eigenvalue weighted by Crippen LogP contribution is -2.48. The molecule has 0 aromatic heterocycles. The van der Waals surface area contributed by atoms with Crippen molar-refractivity contribution < 1.29 is 4.79 Å². The Labute approximate surface area is 94.2 Å². The van der Waals surface area contributed by atoms with Crippen molar-refractivity contribution in [1.29, 1.82) is 0 Å². The Hall–Kier alpha value is -1.75. The van der Waals surface area contributed by atoms with Crippen LogP contribution in [0.4, 0.5) is 11.4 Å². The number of hydrogen-bond donors (Lipinski definition) is 4. The maximum absolute atomic E-state index is 11.2. The van der Waals surface area contributed by atoms with E-state index in [4.69, 9.17) is 11.5 Å². The van der Waals surface area contributed by atoms with Crippen LogP contribution in [0.5, 0.6) is 0 Å². The van der Waals surface area contributed by atoms with Gasteiger partial charge in [-0.2, -0.15) is 0 Å². The van der Waals surface area contributed by atoms with Gasteiger partial charge in [0.1, 0.15) is 0 Å². The van der Waals surface area contributed by atoms with Crippen LogP contribution >= 0.6 is 0 Å². The minimum atomic E-state index is 0.0205.